The number of guanidine groups is 1. The molecule has 1 N–H and O–H groups in total. The van der Waals surface area contributed by atoms with E-state index in [0.717, 1.165) is 51.6 Å². The van der Waals surface area contributed by atoms with Crippen molar-refractivity contribution in [1.82, 2.24) is 20.0 Å². The molecule has 3 fully saturated rings. The Morgan fingerprint density at radius 3 is 2.52 bits per heavy atom. The molecular formula is C19H37N5O. The van der Waals surface area contributed by atoms with Crippen LogP contribution in [0.5, 0.6) is 0 Å². The van der Waals surface area contributed by atoms with Crippen molar-refractivity contribution in [3.63, 3.8) is 0 Å². The molecular weight excluding hydrogens is 314 g/mol. The van der Waals surface area contributed by atoms with Gasteiger partial charge in [-0.25, -0.2) is 0 Å². The Hall–Kier alpha value is -0.850. The van der Waals surface area contributed by atoms with E-state index < -0.39 is 0 Å². The summed E-state index contributed by atoms with van der Waals surface area (Å²) in [6.07, 6.45) is 7.59. The average molecular weight is 352 g/mol. The molecule has 0 aromatic rings. The van der Waals surface area contributed by atoms with E-state index in [0.29, 0.717) is 6.04 Å². The van der Waals surface area contributed by atoms with Crippen LogP contribution in [0.3, 0.4) is 0 Å². The van der Waals surface area contributed by atoms with Crippen LogP contribution in [0.2, 0.25) is 0 Å². The Balaban J connectivity index is 1.54. The number of hydrogen-bond donors (Lipinski definition) is 1. The summed E-state index contributed by atoms with van der Waals surface area (Å²) >= 11 is 0. The molecule has 1 atom stereocenters. The quantitative estimate of drug-likeness (QED) is 0.610. The lowest BCUT2D eigenvalue weighted by molar-refractivity contribution is -0.00522. The number of rotatable bonds is 4. The van der Waals surface area contributed by atoms with Crippen molar-refractivity contribution < 1.29 is 4.74 Å². The van der Waals surface area contributed by atoms with Crippen LogP contribution < -0.4 is 5.32 Å². The average Bonchev–Trinajstić information content (AvgIpc) is 3.14. The minimum Gasteiger partial charge on any atom is -0.381 e. The van der Waals surface area contributed by atoms with Crippen LogP contribution in [-0.4, -0.2) is 99.3 Å². The first-order chi connectivity index (χ1) is 12.1. The Labute approximate surface area is 153 Å². The highest BCUT2D eigenvalue weighted by molar-refractivity contribution is 5.80. The van der Waals surface area contributed by atoms with Gasteiger partial charge in [-0.3, -0.25) is 9.89 Å². The Morgan fingerprint density at radius 1 is 1.16 bits per heavy atom. The van der Waals surface area contributed by atoms with Crippen molar-refractivity contribution in [3.8, 4) is 0 Å². The van der Waals surface area contributed by atoms with Crippen molar-refractivity contribution in [2.75, 3.05) is 67.1 Å². The zero-order valence-electron chi connectivity index (χ0n) is 16.5. The number of piperidine rings is 1. The molecule has 3 aliphatic rings. The van der Waals surface area contributed by atoms with Crippen molar-refractivity contribution in [1.29, 1.82) is 0 Å². The van der Waals surface area contributed by atoms with E-state index in [-0.39, 0.29) is 5.54 Å². The standard InChI is InChI=1S/C19H37N5O/c1-20-18(21-16-19(22(2)3)8-13-25-14-9-19)24-12-7-17(15-24)23-10-5-4-6-11-23/h17H,4-16H2,1-3H3,(H,20,21). The first-order valence-corrected chi connectivity index (χ1v) is 10.1. The van der Waals surface area contributed by atoms with Crippen LogP contribution in [-0.2, 0) is 4.74 Å². The zero-order chi connectivity index (χ0) is 17.7. The minimum atomic E-state index is 0.181. The number of likely N-dealkylation sites (N-methyl/N-ethyl adjacent to an activating group) is 1. The van der Waals surface area contributed by atoms with Gasteiger partial charge in [0.2, 0.25) is 0 Å². The molecule has 0 aromatic carbocycles. The highest BCUT2D eigenvalue weighted by atomic mass is 16.5. The molecule has 3 saturated heterocycles. The van der Waals surface area contributed by atoms with Crippen molar-refractivity contribution >= 4 is 5.96 Å². The van der Waals surface area contributed by atoms with E-state index in [1.807, 2.05) is 7.05 Å². The molecule has 0 radical (unpaired) electrons. The van der Waals surface area contributed by atoms with E-state index in [1.165, 1.54) is 38.8 Å². The van der Waals surface area contributed by atoms with Gasteiger partial charge in [-0.15, -0.1) is 0 Å². The van der Waals surface area contributed by atoms with Crippen molar-refractivity contribution in [3.05, 3.63) is 0 Å². The molecule has 0 aliphatic carbocycles. The van der Waals surface area contributed by atoms with E-state index in [2.05, 4.69) is 39.1 Å². The van der Waals surface area contributed by atoms with Crippen LogP contribution in [0.15, 0.2) is 4.99 Å². The third kappa shape index (κ3) is 4.47. The minimum absolute atomic E-state index is 0.181. The normalized spacial score (nSPS) is 28.6. The van der Waals surface area contributed by atoms with Gasteiger partial charge in [0.1, 0.15) is 0 Å². The Kier molecular flexibility index (Phi) is 6.58. The van der Waals surface area contributed by atoms with Gasteiger partial charge in [-0.1, -0.05) is 6.42 Å². The van der Waals surface area contributed by atoms with E-state index >= 15 is 0 Å². The topological polar surface area (TPSA) is 43.3 Å². The summed E-state index contributed by atoms with van der Waals surface area (Å²) in [4.78, 5) is 12.1. The molecule has 1 unspecified atom stereocenters. The lowest BCUT2D eigenvalue weighted by Gasteiger charge is -2.43. The number of ether oxygens (including phenoxy) is 1. The fraction of sp³-hybridized carbons (Fsp3) is 0.947. The maximum Gasteiger partial charge on any atom is 0.193 e. The van der Waals surface area contributed by atoms with Crippen LogP contribution in [0.1, 0.15) is 38.5 Å². The fourth-order valence-corrected chi connectivity index (χ4v) is 4.63. The first-order valence-electron chi connectivity index (χ1n) is 10.1. The molecule has 0 saturated carbocycles. The molecule has 0 spiro atoms. The van der Waals surface area contributed by atoms with Crippen LogP contribution in [0.4, 0.5) is 0 Å². The zero-order valence-corrected chi connectivity index (χ0v) is 16.5. The van der Waals surface area contributed by atoms with Gasteiger partial charge in [-0.05, 0) is 59.3 Å². The molecule has 6 nitrogen and oxygen atoms in total. The van der Waals surface area contributed by atoms with Gasteiger partial charge in [0.15, 0.2) is 5.96 Å². The lowest BCUT2D eigenvalue weighted by atomic mass is 9.88. The maximum absolute atomic E-state index is 5.59. The summed E-state index contributed by atoms with van der Waals surface area (Å²) in [6, 6.07) is 0.713. The molecule has 0 aromatic heterocycles. The van der Waals surface area contributed by atoms with Crippen LogP contribution >= 0.6 is 0 Å². The predicted molar refractivity (Wildman–Crippen MR) is 103 cm³/mol. The molecule has 144 valence electrons. The summed E-state index contributed by atoms with van der Waals surface area (Å²) in [5.41, 5.74) is 0.181. The number of hydrogen-bond acceptors (Lipinski definition) is 4. The third-order valence-corrected chi connectivity index (χ3v) is 6.53. The lowest BCUT2D eigenvalue weighted by Crippen LogP contribution is -2.57. The van der Waals surface area contributed by atoms with E-state index in [4.69, 9.17) is 4.74 Å². The fourth-order valence-electron chi connectivity index (χ4n) is 4.63. The monoisotopic (exact) mass is 351 g/mol. The number of nitrogens with one attached hydrogen (secondary N) is 1. The van der Waals surface area contributed by atoms with Crippen molar-refractivity contribution in [2.45, 2.75) is 50.1 Å². The Morgan fingerprint density at radius 2 is 1.88 bits per heavy atom. The van der Waals surface area contributed by atoms with Gasteiger partial charge in [0.25, 0.3) is 0 Å². The summed E-state index contributed by atoms with van der Waals surface area (Å²) in [5, 5.41) is 3.69. The van der Waals surface area contributed by atoms with E-state index in [1.54, 1.807) is 0 Å². The second-order valence-electron chi connectivity index (χ2n) is 8.12. The summed E-state index contributed by atoms with van der Waals surface area (Å²) in [7, 11) is 6.30. The van der Waals surface area contributed by atoms with Crippen LogP contribution in [0.25, 0.3) is 0 Å². The molecule has 25 heavy (non-hydrogen) atoms. The molecule has 6 heteroatoms. The van der Waals surface area contributed by atoms with Gasteiger partial charge < -0.3 is 19.9 Å². The smallest absolute Gasteiger partial charge is 0.193 e. The van der Waals surface area contributed by atoms with Gasteiger partial charge in [-0.2, -0.15) is 0 Å². The number of likely N-dealkylation sites (tertiary alicyclic amines) is 2. The number of nitrogens with zero attached hydrogens (tertiary/aromatic N) is 4. The highest BCUT2D eigenvalue weighted by Crippen LogP contribution is 2.25. The molecule has 3 rings (SSSR count). The SMILES string of the molecule is CN=C(NCC1(N(C)C)CCOCC1)N1CCC(N2CCCCC2)C1. The summed E-state index contributed by atoms with van der Waals surface area (Å²) in [5.74, 6) is 1.08. The van der Waals surface area contributed by atoms with Gasteiger partial charge in [0, 0.05) is 51.5 Å². The van der Waals surface area contributed by atoms with Gasteiger partial charge >= 0.3 is 0 Å². The summed E-state index contributed by atoms with van der Waals surface area (Å²) in [6.45, 7) is 7.48. The second-order valence-corrected chi connectivity index (χ2v) is 8.12. The van der Waals surface area contributed by atoms with Crippen LogP contribution in [0, 0.1) is 0 Å². The first kappa shape index (κ1) is 18.9. The molecule has 3 heterocycles. The number of aliphatic imine (C=N–C) groups is 1. The summed E-state index contributed by atoms with van der Waals surface area (Å²) < 4.78 is 5.59. The predicted octanol–water partition coefficient (Wildman–Crippen LogP) is 1.23. The van der Waals surface area contributed by atoms with E-state index in [9.17, 15) is 0 Å². The van der Waals surface area contributed by atoms with Gasteiger partial charge in [0.05, 0.1) is 0 Å². The largest absolute Gasteiger partial charge is 0.381 e. The third-order valence-electron chi connectivity index (χ3n) is 6.53. The Bertz CT molecular complexity index is 441. The highest BCUT2D eigenvalue weighted by Gasteiger charge is 2.36. The second kappa shape index (κ2) is 8.69. The molecule has 0 bridgehead atoms. The maximum atomic E-state index is 5.59. The molecule has 3 aliphatic heterocycles. The van der Waals surface area contributed by atoms with Crippen molar-refractivity contribution in [2.24, 2.45) is 4.99 Å². The molecule has 0 amide bonds.